The molecule has 1 fully saturated rings. The first-order valence-corrected chi connectivity index (χ1v) is 15.7. The Labute approximate surface area is 270 Å². The maximum atomic E-state index is 13.4. The van der Waals surface area contributed by atoms with Crippen LogP contribution >= 0.6 is 34.9 Å². The molecule has 0 spiro atoms. The minimum Gasteiger partial charge on any atom is -0.504 e. The van der Waals surface area contributed by atoms with Crippen molar-refractivity contribution in [3.8, 4) is 11.5 Å². The maximum Gasteiger partial charge on any atom is 0.352 e. The summed E-state index contributed by atoms with van der Waals surface area (Å²) in [5.41, 5.74) is 16.5. The van der Waals surface area contributed by atoms with Gasteiger partial charge in [-0.2, -0.15) is 4.98 Å². The number of nitrogen functional groups attached to an aromatic ring is 3. The van der Waals surface area contributed by atoms with Gasteiger partial charge in [-0.3, -0.25) is 14.5 Å². The van der Waals surface area contributed by atoms with Crippen molar-refractivity contribution in [2.75, 3.05) is 28.7 Å². The lowest BCUT2D eigenvalue weighted by Gasteiger charge is -2.49. The molecule has 3 aromatic rings. The summed E-state index contributed by atoms with van der Waals surface area (Å²) in [6, 6.07) is 3.47. The van der Waals surface area contributed by atoms with Gasteiger partial charge >= 0.3 is 11.9 Å². The van der Waals surface area contributed by atoms with Crippen LogP contribution in [0.15, 0.2) is 51.1 Å². The van der Waals surface area contributed by atoms with Gasteiger partial charge in [-0.15, -0.1) is 34.9 Å². The quantitative estimate of drug-likeness (QED) is 0.0332. The number of carboxylic acids is 2. The molecule has 2 amide bonds. The highest BCUT2D eigenvalue weighted by molar-refractivity contribution is 8.01. The van der Waals surface area contributed by atoms with Crippen molar-refractivity contribution >= 4 is 81.2 Å². The van der Waals surface area contributed by atoms with Gasteiger partial charge in [0.2, 0.25) is 12.1 Å². The number of thiazole rings is 1. The van der Waals surface area contributed by atoms with Crippen molar-refractivity contribution in [2.24, 2.45) is 5.16 Å². The molecule has 5 rings (SSSR count). The minimum absolute atomic E-state index is 0.0451. The molecule has 2 aliphatic heterocycles. The Hall–Kier alpha value is -5.28. The van der Waals surface area contributed by atoms with E-state index in [9.17, 15) is 39.6 Å². The van der Waals surface area contributed by atoms with Crippen LogP contribution in [-0.2, 0) is 24.0 Å². The van der Waals surface area contributed by atoms with Crippen LogP contribution < -0.4 is 22.5 Å². The summed E-state index contributed by atoms with van der Waals surface area (Å²) in [6.07, 6.45) is -1.82. The van der Waals surface area contributed by atoms with E-state index >= 15 is 0 Å². The fourth-order valence-corrected chi connectivity index (χ4v) is 7.30. The van der Waals surface area contributed by atoms with E-state index in [2.05, 4.69) is 25.4 Å². The number of aromatic nitrogens is 3. The molecule has 2 aromatic heterocycles. The molecule has 0 saturated carbocycles. The highest BCUT2D eigenvalue weighted by atomic mass is 32.2. The second kappa shape index (κ2) is 13.0. The van der Waals surface area contributed by atoms with Crippen LogP contribution in [0.4, 0.5) is 16.9 Å². The Balaban J connectivity index is 1.35. The van der Waals surface area contributed by atoms with E-state index in [0.717, 1.165) is 40.1 Å². The summed E-state index contributed by atoms with van der Waals surface area (Å²) in [4.78, 5) is 68.9. The third-order valence-corrected chi connectivity index (χ3v) is 9.44. The highest BCUT2D eigenvalue weighted by Crippen LogP contribution is 2.41. The van der Waals surface area contributed by atoms with Crippen molar-refractivity contribution < 1.29 is 44.4 Å². The topological polar surface area (TPSA) is 303 Å². The zero-order valence-corrected chi connectivity index (χ0v) is 25.5. The molecule has 1 saturated heterocycles. The first-order valence-electron chi connectivity index (χ1n) is 12.8. The summed E-state index contributed by atoms with van der Waals surface area (Å²) < 4.78 is 0. The molecule has 3 atom stereocenters. The first kappa shape index (κ1) is 32.1. The number of amides is 2. The first-order chi connectivity index (χ1) is 21.8. The summed E-state index contributed by atoms with van der Waals surface area (Å²) in [7, 11) is 0. The van der Waals surface area contributed by atoms with Crippen molar-refractivity contribution in [3.05, 3.63) is 52.2 Å². The normalized spacial score (nSPS) is 18.4. The largest absolute Gasteiger partial charge is 0.504 e. The molecule has 4 heterocycles. The lowest BCUT2D eigenvalue weighted by molar-refractivity contribution is -0.151. The fraction of sp³-hybridized carbons (Fsp3) is 0.200. The number of oxime groups is 1. The summed E-state index contributed by atoms with van der Waals surface area (Å²) >= 11 is 3.34. The van der Waals surface area contributed by atoms with Gasteiger partial charge in [0, 0.05) is 28.5 Å². The van der Waals surface area contributed by atoms with E-state index in [1.54, 1.807) is 0 Å². The Morgan fingerprint density at radius 1 is 1.13 bits per heavy atom. The highest BCUT2D eigenvalue weighted by Gasteiger charge is 2.54. The van der Waals surface area contributed by atoms with Crippen LogP contribution in [0.1, 0.15) is 17.4 Å². The monoisotopic (exact) mass is 689 g/mol. The number of aliphatic carboxylic acids is 2. The van der Waals surface area contributed by atoms with Crippen molar-refractivity contribution in [3.63, 3.8) is 0 Å². The van der Waals surface area contributed by atoms with Gasteiger partial charge in [0.1, 0.15) is 33.7 Å². The number of nitrogens with zero attached hydrogens (tertiary/aromatic N) is 5. The molecule has 2 aliphatic rings. The van der Waals surface area contributed by atoms with Crippen LogP contribution in [0.3, 0.4) is 0 Å². The number of phenolic OH excluding ortho intramolecular Hbond substituents is 2. The molecule has 240 valence electrons. The number of phenols is 2. The van der Waals surface area contributed by atoms with Crippen molar-refractivity contribution in [2.45, 2.75) is 22.5 Å². The van der Waals surface area contributed by atoms with Crippen LogP contribution in [-0.4, -0.2) is 92.7 Å². The smallest absolute Gasteiger partial charge is 0.352 e. The molecule has 21 heteroatoms. The van der Waals surface area contributed by atoms with E-state index < -0.39 is 58.5 Å². The molecule has 0 aliphatic carbocycles. The molecular weight excluding hydrogens is 667 g/mol. The molecule has 0 bridgehead atoms. The lowest BCUT2D eigenvalue weighted by Crippen LogP contribution is -2.71. The SMILES string of the molecule is Nc1cc(SCC2=C(C(=O)O)N3C(=O)C(NC(=O)/C(=N\O[C@@H](C(=O)O)c4ccc(O)c(O)c4)c4csc(N)n4)[C@H]3SC2)nc(N)n1. The molecule has 1 aromatic carbocycles. The Morgan fingerprint density at radius 2 is 1.89 bits per heavy atom. The maximum absolute atomic E-state index is 13.4. The number of nitrogens with two attached hydrogens (primary N) is 3. The number of rotatable bonds is 11. The summed E-state index contributed by atoms with van der Waals surface area (Å²) in [5.74, 6) is -5.22. The predicted molar refractivity (Wildman–Crippen MR) is 166 cm³/mol. The molecule has 0 radical (unpaired) electrons. The standard InChI is InChI=1S/C25H23N9O9S3/c26-13-4-14(31-24(27)30-13)44-5-9-6-45-21-16(20(38)34(21)17(9)22(39)40)32-19(37)15(10-7-46-25(28)29-10)33-43-18(23(41)42)8-1-2-11(35)12(36)3-8/h1-4,7,16,18,21,35-36H,5-6H2,(H2,28,29)(H,32,37)(H,39,40)(H,41,42)(H4,26,27,30,31)/b33-15-/t16?,18-,21-/m1/s1. The fourth-order valence-electron chi connectivity index (χ4n) is 4.36. The predicted octanol–water partition coefficient (Wildman–Crippen LogP) is 0.168. The Kier molecular flexibility index (Phi) is 9.07. The number of β-lactam (4-membered cyclic amide) rings is 1. The average Bonchev–Trinajstić information content (AvgIpc) is 3.42. The molecule has 1 unspecified atom stereocenters. The van der Waals surface area contributed by atoms with Gasteiger partial charge < -0.3 is 47.8 Å². The lowest BCUT2D eigenvalue weighted by atomic mass is 10.0. The average molecular weight is 690 g/mol. The third-order valence-electron chi connectivity index (χ3n) is 6.43. The second-order valence-electron chi connectivity index (χ2n) is 9.48. The third kappa shape index (κ3) is 6.55. The van der Waals surface area contributed by atoms with E-state index in [0.29, 0.717) is 10.6 Å². The summed E-state index contributed by atoms with van der Waals surface area (Å²) in [5, 5.41) is 46.3. The van der Waals surface area contributed by atoms with Crippen LogP contribution in [0.25, 0.3) is 0 Å². The number of anilines is 3. The number of hydrogen-bond donors (Lipinski definition) is 8. The molecule has 18 nitrogen and oxygen atoms in total. The second-order valence-corrected chi connectivity index (χ2v) is 12.5. The zero-order valence-electron chi connectivity index (χ0n) is 23.1. The molecule has 11 N–H and O–H groups in total. The van der Waals surface area contributed by atoms with Gasteiger partial charge in [-0.05, 0) is 17.7 Å². The number of carboxylic acid groups (broad SMARTS) is 2. The van der Waals surface area contributed by atoms with E-state index in [4.69, 9.17) is 22.0 Å². The van der Waals surface area contributed by atoms with Crippen molar-refractivity contribution in [1.29, 1.82) is 0 Å². The molecule has 46 heavy (non-hydrogen) atoms. The molecular formula is C25H23N9O9S3. The van der Waals surface area contributed by atoms with Gasteiger partial charge in [-0.1, -0.05) is 11.2 Å². The Bertz CT molecular complexity index is 1800. The van der Waals surface area contributed by atoms with Crippen LogP contribution in [0, 0.1) is 0 Å². The van der Waals surface area contributed by atoms with Gasteiger partial charge in [-0.25, -0.2) is 19.6 Å². The number of hydrogen-bond acceptors (Lipinski definition) is 17. The number of thioether (sulfide) groups is 2. The van der Waals surface area contributed by atoms with Crippen molar-refractivity contribution in [1.82, 2.24) is 25.2 Å². The van der Waals surface area contributed by atoms with Crippen LogP contribution in [0.5, 0.6) is 11.5 Å². The van der Waals surface area contributed by atoms with E-state index in [1.165, 1.54) is 29.3 Å². The van der Waals surface area contributed by atoms with Crippen LogP contribution in [0.2, 0.25) is 0 Å². The van der Waals surface area contributed by atoms with E-state index in [1.807, 2.05) is 0 Å². The van der Waals surface area contributed by atoms with Gasteiger partial charge in [0.05, 0.1) is 0 Å². The number of fused-ring (bicyclic) bond motifs is 1. The number of carbonyl (C=O) groups is 4. The number of aromatic hydroxyl groups is 2. The zero-order chi connectivity index (χ0) is 33.3. The number of carbonyl (C=O) groups excluding carboxylic acids is 2. The summed E-state index contributed by atoms with van der Waals surface area (Å²) in [6.45, 7) is 0. The number of nitrogens with one attached hydrogen (secondary N) is 1. The van der Waals surface area contributed by atoms with E-state index in [-0.39, 0.29) is 45.4 Å². The van der Waals surface area contributed by atoms with Gasteiger partial charge in [0.25, 0.3) is 11.8 Å². The number of benzene rings is 1. The van der Waals surface area contributed by atoms with Gasteiger partial charge in [0.15, 0.2) is 22.3 Å². The minimum atomic E-state index is -1.82. The Morgan fingerprint density at radius 3 is 2.52 bits per heavy atom.